The Bertz CT molecular complexity index is 408. The Balaban J connectivity index is 2.67. The molecule has 0 aliphatic heterocycles. The lowest BCUT2D eigenvalue weighted by molar-refractivity contribution is -0.0966. The maximum absolute atomic E-state index is 12.0. The normalized spacial score (nSPS) is 11.7. The Labute approximate surface area is 112 Å². The predicted molar refractivity (Wildman–Crippen MR) is 75.0 cm³/mol. The van der Waals surface area contributed by atoms with E-state index < -0.39 is 0 Å². The van der Waals surface area contributed by atoms with Crippen molar-refractivity contribution < 1.29 is 14.3 Å². The molecule has 0 fully saturated rings. The lowest BCUT2D eigenvalue weighted by Gasteiger charge is -2.19. The maximum Gasteiger partial charge on any atom is 0.345 e. The standard InChI is InChI=1S/C14H21O3S/c1-14(2,3)17-10-16-13(15)11-8-6-7-9-12(11)18(4)5/h6-9H,10H2,1-5H3/q+1. The Kier molecular flexibility index (Phi) is 5.23. The second kappa shape index (κ2) is 6.25. The number of hydrogen-bond acceptors (Lipinski definition) is 3. The van der Waals surface area contributed by atoms with Crippen LogP contribution in [-0.2, 0) is 20.4 Å². The fourth-order valence-corrected chi connectivity index (χ4v) is 2.27. The summed E-state index contributed by atoms with van der Waals surface area (Å²) in [5.41, 5.74) is 0.322. The number of rotatable bonds is 4. The van der Waals surface area contributed by atoms with E-state index in [1.54, 1.807) is 6.07 Å². The predicted octanol–water partition coefficient (Wildman–Crippen LogP) is 2.85. The summed E-state index contributed by atoms with van der Waals surface area (Å²) in [6.07, 6.45) is 4.16. The summed E-state index contributed by atoms with van der Waals surface area (Å²) < 4.78 is 10.5. The highest BCUT2D eigenvalue weighted by atomic mass is 32.2. The highest BCUT2D eigenvalue weighted by Crippen LogP contribution is 2.17. The molecule has 4 heteroatoms. The molecule has 1 aromatic rings. The summed E-state index contributed by atoms with van der Waals surface area (Å²) in [4.78, 5) is 13.0. The molecule has 0 aliphatic carbocycles. The van der Waals surface area contributed by atoms with Crippen LogP contribution in [0.15, 0.2) is 29.2 Å². The van der Waals surface area contributed by atoms with Crippen LogP contribution in [0.4, 0.5) is 0 Å². The van der Waals surface area contributed by atoms with Gasteiger partial charge in [-0.15, -0.1) is 0 Å². The van der Waals surface area contributed by atoms with Gasteiger partial charge < -0.3 is 9.47 Å². The first-order valence-electron chi connectivity index (χ1n) is 5.79. The van der Waals surface area contributed by atoms with Gasteiger partial charge in [0, 0.05) is 10.9 Å². The van der Waals surface area contributed by atoms with Crippen LogP contribution in [0.25, 0.3) is 0 Å². The molecule has 0 bridgehead atoms. The monoisotopic (exact) mass is 269 g/mol. The average Bonchev–Trinajstić information content (AvgIpc) is 2.27. The van der Waals surface area contributed by atoms with Crippen molar-refractivity contribution in [1.29, 1.82) is 0 Å². The van der Waals surface area contributed by atoms with Crippen LogP contribution in [0, 0.1) is 0 Å². The second-order valence-corrected chi connectivity index (χ2v) is 7.19. The Morgan fingerprint density at radius 2 is 1.83 bits per heavy atom. The molecule has 1 aromatic carbocycles. The van der Waals surface area contributed by atoms with Crippen LogP contribution in [0.2, 0.25) is 0 Å². The number of hydrogen-bond donors (Lipinski definition) is 0. The maximum atomic E-state index is 12.0. The zero-order valence-corrected chi connectivity index (χ0v) is 12.5. The van der Waals surface area contributed by atoms with Crippen LogP contribution in [0.5, 0.6) is 0 Å². The molecule has 0 aliphatic rings. The molecule has 18 heavy (non-hydrogen) atoms. The highest BCUT2D eigenvalue weighted by Gasteiger charge is 2.21. The summed E-state index contributed by atoms with van der Waals surface area (Å²) in [5.74, 6) is -0.323. The van der Waals surface area contributed by atoms with Crippen molar-refractivity contribution in [2.45, 2.75) is 31.3 Å². The smallest absolute Gasteiger partial charge is 0.345 e. The quantitative estimate of drug-likeness (QED) is 0.479. The van der Waals surface area contributed by atoms with Gasteiger partial charge in [0.2, 0.25) is 0 Å². The number of ether oxygens (including phenoxy) is 2. The number of esters is 1. The molecular weight excluding hydrogens is 248 g/mol. The topological polar surface area (TPSA) is 35.5 Å². The molecular formula is C14H21O3S+. The Morgan fingerprint density at radius 1 is 1.22 bits per heavy atom. The van der Waals surface area contributed by atoms with Gasteiger partial charge >= 0.3 is 5.97 Å². The van der Waals surface area contributed by atoms with E-state index in [-0.39, 0.29) is 29.3 Å². The van der Waals surface area contributed by atoms with Crippen LogP contribution in [-0.4, -0.2) is 30.9 Å². The van der Waals surface area contributed by atoms with Crippen molar-refractivity contribution in [3.8, 4) is 0 Å². The van der Waals surface area contributed by atoms with Crippen molar-refractivity contribution in [3.05, 3.63) is 29.8 Å². The third-order valence-corrected chi connectivity index (χ3v) is 3.46. The van der Waals surface area contributed by atoms with Gasteiger partial charge in [0.1, 0.15) is 18.1 Å². The summed E-state index contributed by atoms with van der Waals surface area (Å²) in [6, 6.07) is 7.54. The molecule has 0 saturated heterocycles. The zero-order chi connectivity index (χ0) is 13.8. The SMILES string of the molecule is C[S+](C)c1ccccc1C(=O)OCOC(C)(C)C. The van der Waals surface area contributed by atoms with E-state index >= 15 is 0 Å². The minimum Gasteiger partial charge on any atom is -0.435 e. The van der Waals surface area contributed by atoms with Crippen molar-refractivity contribution >= 4 is 16.9 Å². The first-order chi connectivity index (χ1) is 8.31. The zero-order valence-electron chi connectivity index (χ0n) is 11.6. The van der Waals surface area contributed by atoms with Gasteiger partial charge in [-0.25, -0.2) is 4.79 Å². The van der Waals surface area contributed by atoms with Gasteiger partial charge in [-0.1, -0.05) is 12.1 Å². The molecule has 0 heterocycles. The molecule has 0 N–H and O–H groups in total. The van der Waals surface area contributed by atoms with Gasteiger partial charge in [-0.3, -0.25) is 0 Å². The van der Waals surface area contributed by atoms with E-state index in [1.807, 2.05) is 39.0 Å². The third-order valence-electron chi connectivity index (χ3n) is 2.23. The summed E-state index contributed by atoms with van der Waals surface area (Å²) in [5, 5.41) is 0. The van der Waals surface area contributed by atoms with E-state index in [0.29, 0.717) is 5.56 Å². The fourth-order valence-electron chi connectivity index (χ4n) is 1.33. The first kappa shape index (κ1) is 15.1. The van der Waals surface area contributed by atoms with Crippen molar-refractivity contribution in [2.75, 3.05) is 19.3 Å². The third kappa shape index (κ3) is 4.70. The number of carbonyl (C=O) groups is 1. The highest BCUT2D eigenvalue weighted by molar-refractivity contribution is 7.95. The molecule has 0 radical (unpaired) electrons. The van der Waals surface area contributed by atoms with E-state index in [2.05, 4.69) is 12.5 Å². The second-order valence-electron chi connectivity index (χ2n) is 5.12. The van der Waals surface area contributed by atoms with Crippen molar-refractivity contribution in [2.24, 2.45) is 0 Å². The van der Waals surface area contributed by atoms with E-state index in [0.717, 1.165) is 4.90 Å². The molecule has 0 saturated carbocycles. The molecule has 0 atom stereocenters. The van der Waals surface area contributed by atoms with Crippen LogP contribution < -0.4 is 0 Å². The molecule has 3 nitrogen and oxygen atoms in total. The summed E-state index contributed by atoms with van der Waals surface area (Å²) in [7, 11) is 0.0246. The summed E-state index contributed by atoms with van der Waals surface area (Å²) >= 11 is 0. The molecule has 0 amide bonds. The molecule has 0 spiro atoms. The fraction of sp³-hybridized carbons (Fsp3) is 0.500. The van der Waals surface area contributed by atoms with Gasteiger partial charge in [-0.2, -0.15) is 0 Å². The number of benzene rings is 1. The average molecular weight is 269 g/mol. The van der Waals surface area contributed by atoms with Crippen LogP contribution >= 0.6 is 0 Å². The van der Waals surface area contributed by atoms with E-state index in [1.165, 1.54) is 0 Å². The van der Waals surface area contributed by atoms with Gasteiger partial charge in [0.15, 0.2) is 11.7 Å². The van der Waals surface area contributed by atoms with E-state index in [4.69, 9.17) is 9.47 Å². The molecule has 100 valence electrons. The lowest BCUT2D eigenvalue weighted by atomic mass is 10.2. The Hall–Kier alpha value is -1.00. The van der Waals surface area contributed by atoms with Crippen molar-refractivity contribution in [1.82, 2.24) is 0 Å². The molecule has 0 unspecified atom stereocenters. The largest absolute Gasteiger partial charge is 0.435 e. The minimum absolute atomic E-state index is 0.0160. The lowest BCUT2D eigenvalue weighted by Crippen LogP contribution is -2.22. The van der Waals surface area contributed by atoms with Crippen LogP contribution in [0.1, 0.15) is 31.1 Å². The molecule has 1 rings (SSSR count). The summed E-state index contributed by atoms with van der Waals surface area (Å²) in [6.45, 7) is 5.75. The van der Waals surface area contributed by atoms with Gasteiger partial charge in [-0.05, 0) is 32.9 Å². The van der Waals surface area contributed by atoms with Crippen LogP contribution in [0.3, 0.4) is 0 Å². The van der Waals surface area contributed by atoms with Gasteiger partial charge in [0.05, 0.1) is 5.60 Å². The van der Waals surface area contributed by atoms with Crippen molar-refractivity contribution in [3.63, 3.8) is 0 Å². The number of carbonyl (C=O) groups excluding carboxylic acids is 1. The van der Waals surface area contributed by atoms with E-state index in [9.17, 15) is 4.79 Å². The Morgan fingerprint density at radius 3 is 2.39 bits per heavy atom. The minimum atomic E-state index is -0.323. The molecule has 0 aromatic heterocycles. The van der Waals surface area contributed by atoms with Gasteiger partial charge in [0.25, 0.3) is 0 Å². The first-order valence-corrected chi connectivity index (χ1v) is 7.83.